The second-order valence-corrected chi connectivity index (χ2v) is 5.53. The van der Waals surface area contributed by atoms with Crippen molar-refractivity contribution in [3.63, 3.8) is 0 Å². The molecule has 3 nitrogen and oxygen atoms in total. The highest BCUT2D eigenvalue weighted by Gasteiger charge is 2.30. The Hall–Kier alpha value is -1.59. The van der Waals surface area contributed by atoms with E-state index in [1.54, 1.807) is 18.1 Å². The van der Waals surface area contributed by atoms with Crippen LogP contribution in [-0.4, -0.2) is 28.8 Å². The zero-order chi connectivity index (χ0) is 13.8. The molecule has 0 spiro atoms. The molecule has 0 bridgehead atoms. The van der Waals surface area contributed by atoms with Gasteiger partial charge in [-0.1, -0.05) is 42.2 Å². The number of benzene rings is 1. The van der Waals surface area contributed by atoms with Crippen molar-refractivity contribution >= 4 is 40.3 Å². The van der Waals surface area contributed by atoms with E-state index in [1.165, 1.54) is 11.8 Å². The van der Waals surface area contributed by atoms with Crippen molar-refractivity contribution < 1.29 is 9.53 Å². The molecule has 5 heteroatoms. The maximum absolute atomic E-state index is 12.1. The van der Waals surface area contributed by atoms with Gasteiger partial charge in [0.05, 0.1) is 12.0 Å². The number of ether oxygens (including phenoxy) is 1. The fraction of sp³-hybridized carbons (Fsp3) is 0.143. The van der Waals surface area contributed by atoms with Crippen LogP contribution in [0, 0.1) is 0 Å². The predicted octanol–water partition coefficient (Wildman–Crippen LogP) is 3.08. The van der Waals surface area contributed by atoms with Crippen molar-refractivity contribution in [2.45, 2.75) is 0 Å². The molecule has 19 heavy (non-hydrogen) atoms. The molecular formula is C14H13NO2S2. The van der Waals surface area contributed by atoms with Crippen molar-refractivity contribution in [1.82, 2.24) is 4.90 Å². The van der Waals surface area contributed by atoms with Crippen LogP contribution in [0.5, 0.6) is 5.75 Å². The molecule has 0 aromatic heterocycles. The molecule has 1 aromatic carbocycles. The fourth-order valence-electron chi connectivity index (χ4n) is 1.64. The van der Waals surface area contributed by atoms with Crippen molar-refractivity contribution in [2.24, 2.45) is 0 Å². The SMILES string of the molecule is C=CCN1C(=O)/C(=C/c2ccc(OC)cc2)SC1=S. The first-order valence-corrected chi connectivity index (χ1v) is 6.88. The standard InChI is InChI=1S/C14H13NO2S2/c1-3-8-15-13(16)12(19-14(15)18)9-10-4-6-11(17-2)7-5-10/h3-7,9H,1,8H2,2H3/b12-9-. The van der Waals surface area contributed by atoms with Gasteiger partial charge in [0, 0.05) is 6.54 Å². The van der Waals surface area contributed by atoms with Gasteiger partial charge < -0.3 is 4.74 Å². The number of amides is 1. The molecule has 0 aliphatic carbocycles. The Morgan fingerprint density at radius 1 is 1.42 bits per heavy atom. The van der Waals surface area contributed by atoms with Crippen LogP contribution >= 0.6 is 24.0 Å². The lowest BCUT2D eigenvalue weighted by Gasteiger charge is -2.10. The number of rotatable bonds is 4. The molecule has 1 aliphatic rings. The first-order chi connectivity index (χ1) is 9.15. The van der Waals surface area contributed by atoms with Gasteiger partial charge in [-0.3, -0.25) is 9.69 Å². The smallest absolute Gasteiger partial charge is 0.266 e. The summed E-state index contributed by atoms with van der Waals surface area (Å²) in [6, 6.07) is 7.52. The normalized spacial score (nSPS) is 17.1. The summed E-state index contributed by atoms with van der Waals surface area (Å²) in [6.45, 7) is 4.07. The van der Waals surface area contributed by atoms with Crippen LogP contribution in [-0.2, 0) is 4.79 Å². The summed E-state index contributed by atoms with van der Waals surface area (Å²) < 4.78 is 5.67. The van der Waals surface area contributed by atoms with E-state index in [-0.39, 0.29) is 5.91 Å². The zero-order valence-corrected chi connectivity index (χ0v) is 12.1. The summed E-state index contributed by atoms with van der Waals surface area (Å²) in [5, 5.41) is 0. The van der Waals surface area contributed by atoms with Crippen molar-refractivity contribution in [3.8, 4) is 5.75 Å². The molecule has 1 saturated heterocycles. The summed E-state index contributed by atoms with van der Waals surface area (Å²) in [4.78, 5) is 14.3. The third kappa shape index (κ3) is 3.05. The Morgan fingerprint density at radius 2 is 2.11 bits per heavy atom. The van der Waals surface area contributed by atoms with Gasteiger partial charge in [-0.15, -0.1) is 6.58 Å². The number of hydrogen-bond donors (Lipinski definition) is 0. The van der Waals surface area contributed by atoms with E-state index in [9.17, 15) is 4.79 Å². The monoisotopic (exact) mass is 291 g/mol. The third-order valence-electron chi connectivity index (χ3n) is 2.60. The Labute approximate surface area is 121 Å². The maximum Gasteiger partial charge on any atom is 0.266 e. The Kier molecular flexibility index (Phi) is 4.39. The van der Waals surface area contributed by atoms with Gasteiger partial charge in [0.1, 0.15) is 10.1 Å². The molecule has 0 radical (unpaired) electrons. The molecular weight excluding hydrogens is 278 g/mol. The van der Waals surface area contributed by atoms with Gasteiger partial charge >= 0.3 is 0 Å². The van der Waals surface area contributed by atoms with Crippen LogP contribution in [0.3, 0.4) is 0 Å². The number of hydrogen-bond acceptors (Lipinski definition) is 4. The molecule has 1 aliphatic heterocycles. The first-order valence-electron chi connectivity index (χ1n) is 5.66. The lowest BCUT2D eigenvalue weighted by Crippen LogP contribution is -2.27. The van der Waals surface area contributed by atoms with E-state index in [0.29, 0.717) is 15.8 Å². The van der Waals surface area contributed by atoms with E-state index < -0.39 is 0 Å². The summed E-state index contributed by atoms with van der Waals surface area (Å²) in [7, 11) is 1.62. The number of carbonyl (C=O) groups is 1. The van der Waals surface area contributed by atoms with Crippen LogP contribution in [0.2, 0.25) is 0 Å². The number of nitrogens with zero attached hydrogens (tertiary/aromatic N) is 1. The molecule has 1 aromatic rings. The average molecular weight is 291 g/mol. The molecule has 0 N–H and O–H groups in total. The van der Waals surface area contributed by atoms with Gasteiger partial charge in [0.25, 0.3) is 5.91 Å². The number of thiocarbonyl (C=S) groups is 1. The summed E-state index contributed by atoms with van der Waals surface area (Å²) in [6.07, 6.45) is 3.50. The van der Waals surface area contributed by atoms with Crippen LogP contribution in [0.4, 0.5) is 0 Å². The molecule has 1 heterocycles. The van der Waals surface area contributed by atoms with Crippen LogP contribution in [0.25, 0.3) is 6.08 Å². The Morgan fingerprint density at radius 3 is 2.68 bits per heavy atom. The number of methoxy groups -OCH3 is 1. The van der Waals surface area contributed by atoms with E-state index in [4.69, 9.17) is 17.0 Å². The van der Waals surface area contributed by atoms with Gasteiger partial charge in [-0.25, -0.2) is 0 Å². The van der Waals surface area contributed by atoms with Crippen molar-refractivity contribution in [1.29, 1.82) is 0 Å². The highest BCUT2D eigenvalue weighted by Crippen LogP contribution is 2.32. The molecule has 2 rings (SSSR count). The molecule has 1 amide bonds. The van der Waals surface area contributed by atoms with Gasteiger partial charge in [0.2, 0.25) is 0 Å². The minimum absolute atomic E-state index is 0.0641. The van der Waals surface area contributed by atoms with Gasteiger partial charge in [-0.2, -0.15) is 0 Å². The van der Waals surface area contributed by atoms with Crippen molar-refractivity contribution in [2.75, 3.05) is 13.7 Å². The zero-order valence-electron chi connectivity index (χ0n) is 10.5. The van der Waals surface area contributed by atoms with Crippen LogP contribution < -0.4 is 4.74 Å². The van der Waals surface area contributed by atoms with E-state index in [2.05, 4.69) is 6.58 Å². The lowest BCUT2D eigenvalue weighted by molar-refractivity contribution is -0.121. The number of carbonyl (C=O) groups excluding carboxylic acids is 1. The van der Waals surface area contributed by atoms with Gasteiger partial charge in [0.15, 0.2) is 0 Å². The second-order valence-electron chi connectivity index (χ2n) is 3.85. The van der Waals surface area contributed by atoms with E-state index >= 15 is 0 Å². The van der Waals surface area contributed by atoms with Crippen molar-refractivity contribution in [3.05, 3.63) is 47.4 Å². The molecule has 0 saturated carbocycles. The van der Waals surface area contributed by atoms with E-state index in [1.807, 2.05) is 30.3 Å². The highest BCUT2D eigenvalue weighted by atomic mass is 32.2. The molecule has 0 unspecified atom stereocenters. The largest absolute Gasteiger partial charge is 0.497 e. The Balaban J connectivity index is 2.21. The molecule has 1 fully saturated rings. The second kappa shape index (κ2) is 6.04. The topological polar surface area (TPSA) is 29.5 Å². The quantitative estimate of drug-likeness (QED) is 0.484. The average Bonchev–Trinajstić information content (AvgIpc) is 2.68. The number of thioether (sulfide) groups is 1. The minimum Gasteiger partial charge on any atom is -0.497 e. The summed E-state index contributed by atoms with van der Waals surface area (Å²) in [5.41, 5.74) is 0.944. The molecule has 98 valence electrons. The summed E-state index contributed by atoms with van der Waals surface area (Å²) >= 11 is 6.49. The predicted molar refractivity (Wildman–Crippen MR) is 83.1 cm³/mol. The third-order valence-corrected chi connectivity index (χ3v) is 3.98. The molecule has 0 atom stereocenters. The highest BCUT2D eigenvalue weighted by molar-refractivity contribution is 8.26. The first kappa shape index (κ1) is 13.8. The Bertz CT molecular complexity index is 549. The van der Waals surface area contributed by atoms with Crippen LogP contribution in [0.15, 0.2) is 41.8 Å². The fourth-order valence-corrected chi connectivity index (χ4v) is 2.91. The van der Waals surface area contributed by atoms with Crippen LogP contribution in [0.1, 0.15) is 5.56 Å². The summed E-state index contributed by atoms with van der Waals surface area (Å²) in [5.74, 6) is 0.724. The minimum atomic E-state index is -0.0641. The van der Waals surface area contributed by atoms with Gasteiger partial charge in [-0.05, 0) is 23.8 Å². The maximum atomic E-state index is 12.1. The lowest BCUT2D eigenvalue weighted by atomic mass is 10.2. The van der Waals surface area contributed by atoms with E-state index in [0.717, 1.165) is 11.3 Å².